The van der Waals surface area contributed by atoms with Crippen LogP contribution in [0.5, 0.6) is 5.75 Å². The first kappa shape index (κ1) is 20.4. The number of amides is 1. The van der Waals surface area contributed by atoms with Gasteiger partial charge in [0, 0.05) is 18.8 Å². The van der Waals surface area contributed by atoms with Crippen molar-refractivity contribution in [2.45, 2.75) is 33.2 Å². The monoisotopic (exact) mass is 402 g/mol. The highest BCUT2D eigenvalue weighted by Gasteiger charge is 2.26. The van der Waals surface area contributed by atoms with E-state index in [2.05, 4.69) is 5.32 Å². The highest BCUT2D eigenvalue weighted by molar-refractivity contribution is 7.89. The number of sulfonamides is 1. The van der Waals surface area contributed by atoms with Crippen LogP contribution in [0.3, 0.4) is 0 Å². The fraction of sp³-hybridized carbons (Fsp3) is 0.381. The van der Waals surface area contributed by atoms with Crippen LogP contribution in [0.2, 0.25) is 0 Å². The van der Waals surface area contributed by atoms with Crippen molar-refractivity contribution >= 4 is 21.6 Å². The van der Waals surface area contributed by atoms with Gasteiger partial charge in [-0.25, -0.2) is 8.42 Å². The number of hydrogen-bond acceptors (Lipinski definition) is 4. The number of rotatable bonds is 7. The number of fused-ring (bicyclic) bond motifs is 1. The lowest BCUT2D eigenvalue weighted by Crippen LogP contribution is -2.37. The molecule has 3 rings (SSSR count). The van der Waals surface area contributed by atoms with Crippen molar-refractivity contribution in [3.05, 3.63) is 59.2 Å². The summed E-state index contributed by atoms with van der Waals surface area (Å²) in [7, 11) is -3.23. The third kappa shape index (κ3) is 5.11. The average molecular weight is 403 g/mol. The molecular formula is C21H26N2O4S. The molecule has 7 heteroatoms. The highest BCUT2D eigenvalue weighted by Crippen LogP contribution is 2.25. The van der Waals surface area contributed by atoms with E-state index in [9.17, 15) is 13.2 Å². The molecular weight excluding hydrogens is 376 g/mol. The molecule has 28 heavy (non-hydrogen) atoms. The van der Waals surface area contributed by atoms with Gasteiger partial charge in [-0.1, -0.05) is 25.1 Å². The minimum Gasteiger partial charge on any atom is -0.484 e. The molecule has 1 aliphatic rings. The zero-order chi connectivity index (χ0) is 20.1. The van der Waals surface area contributed by atoms with E-state index in [0.717, 1.165) is 16.7 Å². The zero-order valence-electron chi connectivity index (χ0n) is 16.3. The standard InChI is InChI=1S/C21H26N2O4S/c1-3-11-28(25,26)23-10-9-17-7-8-19(13-18(17)14-23)22-21(24)15-27-20-6-4-5-16(2)12-20/h4-8,12-13H,3,9-11,14-15H2,1-2H3,(H,22,24). The summed E-state index contributed by atoms with van der Waals surface area (Å²) in [6.45, 7) is 4.59. The number of anilines is 1. The molecule has 0 atom stereocenters. The second kappa shape index (κ2) is 8.75. The minimum atomic E-state index is -3.23. The zero-order valence-corrected chi connectivity index (χ0v) is 17.1. The van der Waals surface area contributed by atoms with Gasteiger partial charge >= 0.3 is 0 Å². The second-order valence-corrected chi connectivity index (χ2v) is 9.12. The van der Waals surface area contributed by atoms with E-state index in [1.165, 1.54) is 4.31 Å². The number of aryl methyl sites for hydroxylation is 1. The van der Waals surface area contributed by atoms with Crippen molar-refractivity contribution in [1.29, 1.82) is 0 Å². The van der Waals surface area contributed by atoms with Gasteiger partial charge in [-0.15, -0.1) is 0 Å². The average Bonchev–Trinajstić information content (AvgIpc) is 2.66. The molecule has 6 nitrogen and oxygen atoms in total. The summed E-state index contributed by atoms with van der Waals surface area (Å²) in [4.78, 5) is 12.2. The van der Waals surface area contributed by atoms with Gasteiger partial charge in [-0.05, 0) is 60.7 Å². The summed E-state index contributed by atoms with van der Waals surface area (Å²) >= 11 is 0. The number of carbonyl (C=O) groups is 1. The van der Waals surface area contributed by atoms with Crippen LogP contribution in [-0.2, 0) is 27.8 Å². The van der Waals surface area contributed by atoms with E-state index in [0.29, 0.717) is 37.4 Å². The molecule has 1 N–H and O–H groups in total. The summed E-state index contributed by atoms with van der Waals surface area (Å²) < 4.78 is 31.7. The smallest absolute Gasteiger partial charge is 0.262 e. The quantitative estimate of drug-likeness (QED) is 0.772. The number of nitrogens with zero attached hydrogens (tertiary/aromatic N) is 1. The summed E-state index contributed by atoms with van der Waals surface area (Å²) in [6.07, 6.45) is 1.28. The first-order chi connectivity index (χ1) is 13.4. The molecule has 0 aliphatic carbocycles. The lowest BCUT2D eigenvalue weighted by Gasteiger charge is -2.28. The van der Waals surface area contributed by atoms with E-state index in [4.69, 9.17) is 4.74 Å². The number of benzene rings is 2. The second-order valence-electron chi connectivity index (χ2n) is 7.04. The van der Waals surface area contributed by atoms with Crippen molar-refractivity contribution in [2.75, 3.05) is 24.2 Å². The van der Waals surface area contributed by atoms with Gasteiger partial charge in [0.05, 0.1) is 5.75 Å². The van der Waals surface area contributed by atoms with Crippen LogP contribution >= 0.6 is 0 Å². The molecule has 0 unspecified atom stereocenters. The molecule has 0 aromatic heterocycles. The normalized spacial score (nSPS) is 14.4. The molecule has 2 aromatic rings. The molecule has 1 heterocycles. The van der Waals surface area contributed by atoms with Crippen LogP contribution < -0.4 is 10.1 Å². The Kier molecular flexibility index (Phi) is 6.36. The van der Waals surface area contributed by atoms with Crippen LogP contribution in [0, 0.1) is 6.92 Å². The van der Waals surface area contributed by atoms with E-state index >= 15 is 0 Å². The lowest BCUT2D eigenvalue weighted by molar-refractivity contribution is -0.118. The van der Waals surface area contributed by atoms with Crippen molar-refractivity contribution in [1.82, 2.24) is 4.31 Å². The van der Waals surface area contributed by atoms with E-state index in [1.54, 1.807) is 0 Å². The Labute approximate surface area is 166 Å². The lowest BCUT2D eigenvalue weighted by atomic mass is 10.0. The van der Waals surface area contributed by atoms with E-state index in [1.807, 2.05) is 56.3 Å². The Morgan fingerprint density at radius 2 is 2.00 bits per heavy atom. The minimum absolute atomic E-state index is 0.0858. The maximum Gasteiger partial charge on any atom is 0.262 e. The number of carbonyl (C=O) groups excluding carboxylic acids is 1. The third-order valence-corrected chi connectivity index (χ3v) is 6.70. The van der Waals surface area contributed by atoms with Gasteiger partial charge in [-0.2, -0.15) is 4.31 Å². The number of nitrogens with one attached hydrogen (secondary N) is 1. The van der Waals surface area contributed by atoms with Gasteiger partial charge in [0.25, 0.3) is 5.91 Å². The SMILES string of the molecule is CCCS(=O)(=O)N1CCc2ccc(NC(=O)COc3cccc(C)c3)cc2C1. The Bertz CT molecular complexity index is 957. The molecule has 1 amide bonds. The summed E-state index contributed by atoms with van der Waals surface area (Å²) in [5.74, 6) is 0.555. The molecule has 2 aromatic carbocycles. The molecule has 0 saturated heterocycles. The molecule has 0 bridgehead atoms. The van der Waals surface area contributed by atoms with Crippen molar-refractivity contribution in [2.24, 2.45) is 0 Å². The predicted octanol–water partition coefficient (Wildman–Crippen LogP) is 3.11. The third-order valence-electron chi connectivity index (χ3n) is 4.68. The van der Waals surface area contributed by atoms with Gasteiger partial charge in [0.15, 0.2) is 6.61 Å². The van der Waals surface area contributed by atoms with Crippen molar-refractivity contribution in [3.63, 3.8) is 0 Å². The number of ether oxygens (including phenoxy) is 1. The molecule has 150 valence electrons. The Morgan fingerprint density at radius 1 is 1.18 bits per heavy atom. The van der Waals surface area contributed by atoms with Crippen molar-refractivity contribution < 1.29 is 17.9 Å². The summed E-state index contributed by atoms with van der Waals surface area (Å²) in [6, 6.07) is 13.2. The van der Waals surface area contributed by atoms with Crippen molar-refractivity contribution in [3.8, 4) is 5.75 Å². The molecule has 0 spiro atoms. The van der Waals surface area contributed by atoms with Crippen LogP contribution in [0.4, 0.5) is 5.69 Å². The Balaban J connectivity index is 1.62. The van der Waals surface area contributed by atoms with Crippen LogP contribution in [0.15, 0.2) is 42.5 Å². The number of hydrogen-bond donors (Lipinski definition) is 1. The molecule has 0 fully saturated rings. The van der Waals surface area contributed by atoms with Gasteiger partial charge < -0.3 is 10.1 Å². The Hall–Kier alpha value is -2.38. The van der Waals surface area contributed by atoms with Gasteiger partial charge in [0.2, 0.25) is 10.0 Å². The Morgan fingerprint density at radius 3 is 2.75 bits per heavy atom. The predicted molar refractivity (Wildman–Crippen MR) is 110 cm³/mol. The fourth-order valence-corrected chi connectivity index (χ4v) is 4.76. The molecule has 1 aliphatic heterocycles. The topological polar surface area (TPSA) is 75.7 Å². The van der Waals surface area contributed by atoms with E-state index < -0.39 is 10.0 Å². The molecule has 0 saturated carbocycles. The highest BCUT2D eigenvalue weighted by atomic mass is 32.2. The first-order valence-corrected chi connectivity index (χ1v) is 11.1. The van der Waals surface area contributed by atoms with Crippen LogP contribution in [0.25, 0.3) is 0 Å². The van der Waals surface area contributed by atoms with Gasteiger partial charge in [-0.3, -0.25) is 4.79 Å². The summed E-state index contributed by atoms with van der Waals surface area (Å²) in [5, 5.41) is 2.82. The van der Waals surface area contributed by atoms with E-state index in [-0.39, 0.29) is 18.3 Å². The summed E-state index contributed by atoms with van der Waals surface area (Å²) in [5.41, 5.74) is 3.77. The van der Waals surface area contributed by atoms with Crippen LogP contribution in [0.1, 0.15) is 30.0 Å². The molecule has 0 radical (unpaired) electrons. The van der Waals surface area contributed by atoms with Gasteiger partial charge in [0.1, 0.15) is 5.75 Å². The van der Waals surface area contributed by atoms with Crippen LogP contribution in [-0.4, -0.2) is 37.5 Å². The fourth-order valence-electron chi connectivity index (χ4n) is 3.28. The largest absolute Gasteiger partial charge is 0.484 e. The maximum absolute atomic E-state index is 12.3. The first-order valence-electron chi connectivity index (χ1n) is 9.46. The maximum atomic E-state index is 12.3.